The van der Waals surface area contributed by atoms with Gasteiger partial charge in [0.25, 0.3) is 0 Å². The van der Waals surface area contributed by atoms with Crippen LogP contribution in [0.4, 0.5) is 5.82 Å². The van der Waals surface area contributed by atoms with E-state index in [2.05, 4.69) is 19.9 Å². The lowest BCUT2D eigenvalue weighted by Crippen LogP contribution is -2.30. The molecule has 0 aromatic carbocycles. The minimum atomic E-state index is -3.55. The molecule has 5 rings (SSSR count). The van der Waals surface area contributed by atoms with Crippen LogP contribution in [0.2, 0.25) is 0 Å². The number of piperidine rings is 1. The van der Waals surface area contributed by atoms with Crippen molar-refractivity contribution in [3.8, 4) is 11.4 Å². The van der Waals surface area contributed by atoms with Crippen molar-refractivity contribution >= 4 is 22.5 Å². The standard InChI is InChI=1S/C24H24N6O/c1-29-16-25-15-22(29)20-6-5-18-14-27-19(12-21(18)28-20)13-23(31)17-7-8-26-24(11-17)30-9-3-2-4-10-30/h5-8,11-12,14-16H,2-4,9-10,13H2,1H3/i2D2,3D2,4D2,9D2,10D2. The average molecular weight is 423 g/mol. The number of rotatable bonds is 5. The summed E-state index contributed by atoms with van der Waals surface area (Å²) < 4.78 is 83.7. The summed E-state index contributed by atoms with van der Waals surface area (Å²) in [6.45, 7) is -6.78. The van der Waals surface area contributed by atoms with Gasteiger partial charge in [-0.2, -0.15) is 0 Å². The smallest absolute Gasteiger partial charge is 0.169 e. The molecule has 0 bridgehead atoms. The number of Topliss-reactive ketones (excluding diaryl/α,β-unsaturated/α-hetero) is 1. The fraction of sp³-hybridized carbons (Fsp3) is 0.292. The molecule has 7 nitrogen and oxygen atoms in total. The molecule has 0 atom stereocenters. The highest BCUT2D eigenvalue weighted by molar-refractivity contribution is 5.98. The monoisotopic (exact) mass is 422 g/mol. The van der Waals surface area contributed by atoms with Crippen LogP contribution >= 0.6 is 0 Å². The van der Waals surface area contributed by atoms with E-state index in [9.17, 15) is 4.79 Å². The zero-order valence-electron chi connectivity index (χ0n) is 26.5. The number of hydrogen-bond donors (Lipinski definition) is 0. The summed E-state index contributed by atoms with van der Waals surface area (Å²) in [4.78, 5) is 30.4. The molecule has 7 heteroatoms. The van der Waals surface area contributed by atoms with E-state index < -0.39 is 43.7 Å². The third kappa shape index (κ3) is 4.03. The first-order valence-electron chi connectivity index (χ1n) is 14.5. The van der Waals surface area contributed by atoms with E-state index in [0.29, 0.717) is 16.9 Å². The lowest BCUT2D eigenvalue weighted by atomic mass is 10.1. The van der Waals surface area contributed by atoms with E-state index in [1.807, 2.05) is 23.7 Å². The van der Waals surface area contributed by atoms with Crippen LogP contribution < -0.4 is 4.90 Å². The second-order valence-corrected chi connectivity index (χ2v) is 6.89. The fourth-order valence-electron chi connectivity index (χ4n) is 3.22. The summed E-state index contributed by atoms with van der Waals surface area (Å²) in [6, 6.07) is 7.67. The fourth-order valence-corrected chi connectivity index (χ4v) is 3.22. The van der Waals surface area contributed by atoms with Gasteiger partial charge in [-0.1, -0.05) is 0 Å². The summed E-state index contributed by atoms with van der Waals surface area (Å²) in [5, 5.41) is 0.747. The molecule has 0 N–H and O–H groups in total. The highest BCUT2D eigenvalue weighted by Gasteiger charge is 2.15. The van der Waals surface area contributed by atoms with E-state index in [4.69, 9.17) is 13.7 Å². The van der Waals surface area contributed by atoms with E-state index in [1.54, 1.807) is 24.8 Å². The van der Waals surface area contributed by atoms with Crippen molar-refractivity contribution in [2.24, 2.45) is 7.05 Å². The molecule has 0 saturated carbocycles. The average Bonchev–Trinajstić information content (AvgIpc) is 3.33. The van der Waals surface area contributed by atoms with Crippen molar-refractivity contribution in [1.82, 2.24) is 24.5 Å². The zero-order valence-corrected chi connectivity index (χ0v) is 16.5. The Kier molecular flexibility index (Phi) is 2.97. The van der Waals surface area contributed by atoms with Crippen LogP contribution in [0.3, 0.4) is 0 Å². The quantitative estimate of drug-likeness (QED) is 0.455. The molecular formula is C24H24N6O. The summed E-state index contributed by atoms with van der Waals surface area (Å²) in [7, 11) is 1.84. The van der Waals surface area contributed by atoms with Gasteiger partial charge in [0.05, 0.1) is 41.5 Å². The highest BCUT2D eigenvalue weighted by atomic mass is 16.1. The van der Waals surface area contributed by atoms with Crippen molar-refractivity contribution in [2.45, 2.75) is 25.5 Å². The number of nitrogens with zero attached hydrogens (tertiary/aromatic N) is 6. The molecule has 0 amide bonds. The Morgan fingerprint density at radius 2 is 1.97 bits per heavy atom. The minimum Gasteiger partial charge on any atom is -0.357 e. The van der Waals surface area contributed by atoms with Crippen molar-refractivity contribution in [2.75, 3.05) is 17.9 Å². The lowest BCUT2D eigenvalue weighted by molar-refractivity contribution is 0.0992. The van der Waals surface area contributed by atoms with Crippen LogP contribution in [0, 0.1) is 0 Å². The minimum absolute atomic E-state index is 0.0326. The maximum absolute atomic E-state index is 13.3. The van der Waals surface area contributed by atoms with Crippen LogP contribution in [0.25, 0.3) is 22.3 Å². The van der Waals surface area contributed by atoms with Crippen LogP contribution in [-0.4, -0.2) is 43.3 Å². The van der Waals surface area contributed by atoms with Gasteiger partial charge in [-0.15, -0.1) is 0 Å². The summed E-state index contributed by atoms with van der Waals surface area (Å²) >= 11 is 0. The zero-order chi connectivity index (χ0) is 30.2. The van der Waals surface area contributed by atoms with E-state index in [1.165, 1.54) is 6.07 Å². The molecule has 4 aromatic rings. The van der Waals surface area contributed by atoms with Gasteiger partial charge in [0.15, 0.2) is 5.78 Å². The van der Waals surface area contributed by atoms with Crippen LogP contribution in [0.1, 0.15) is 48.9 Å². The van der Waals surface area contributed by atoms with Gasteiger partial charge in [0, 0.05) is 57.1 Å². The van der Waals surface area contributed by atoms with E-state index >= 15 is 0 Å². The van der Waals surface area contributed by atoms with Gasteiger partial charge in [0.1, 0.15) is 5.82 Å². The number of pyridine rings is 3. The summed E-state index contributed by atoms with van der Waals surface area (Å²) in [6.07, 6.45) is -4.77. The molecule has 0 spiro atoms. The van der Waals surface area contributed by atoms with Crippen LogP contribution in [-0.2, 0) is 13.5 Å². The molecule has 1 saturated heterocycles. The number of ketones is 1. The number of aryl methyl sites for hydroxylation is 1. The first-order valence-corrected chi connectivity index (χ1v) is 9.45. The first-order chi connectivity index (χ1) is 18.9. The number of fused-ring (bicyclic) bond motifs is 1. The molecular weight excluding hydrogens is 388 g/mol. The molecule has 0 aliphatic carbocycles. The molecule has 0 radical (unpaired) electrons. The first kappa shape index (κ1) is 11.1. The number of anilines is 1. The van der Waals surface area contributed by atoms with Gasteiger partial charge in [-0.3, -0.25) is 9.78 Å². The maximum Gasteiger partial charge on any atom is 0.169 e. The summed E-state index contributed by atoms with van der Waals surface area (Å²) in [5.74, 6) is -1.06. The number of carbonyl (C=O) groups excluding carboxylic acids is 1. The molecule has 31 heavy (non-hydrogen) atoms. The number of imidazole rings is 1. The molecule has 5 heterocycles. The third-order valence-corrected chi connectivity index (χ3v) is 4.81. The largest absolute Gasteiger partial charge is 0.357 e. The Balaban J connectivity index is 1.48. The topological polar surface area (TPSA) is 76.8 Å². The Labute approximate surface area is 194 Å². The van der Waals surface area contributed by atoms with Gasteiger partial charge < -0.3 is 9.47 Å². The molecule has 4 aromatic heterocycles. The van der Waals surface area contributed by atoms with Crippen molar-refractivity contribution in [3.05, 3.63) is 66.5 Å². The van der Waals surface area contributed by atoms with Crippen LogP contribution in [0.15, 0.2) is 55.2 Å². The second kappa shape index (κ2) is 8.26. The molecule has 156 valence electrons. The lowest BCUT2D eigenvalue weighted by Gasteiger charge is -2.27. The van der Waals surface area contributed by atoms with Gasteiger partial charge >= 0.3 is 0 Å². The number of carbonyl (C=O) groups is 1. The van der Waals surface area contributed by atoms with E-state index in [-0.39, 0.29) is 16.9 Å². The highest BCUT2D eigenvalue weighted by Crippen LogP contribution is 2.22. The normalized spacial score (nSPS) is 27.1. The van der Waals surface area contributed by atoms with Crippen LogP contribution in [0.5, 0.6) is 0 Å². The predicted octanol–water partition coefficient (Wildman–Crippen LogP) is 3.84. The van der Waals surface area contributed by atoms with Gasteiger partial charge in [0.2, 0.25) is 0 Å². The maximum atomic E-state index is 13.3. The van der Waals surface area contributed by atoms with E-state index in [0.717, 1.165) is 23.3 Å². The number of hydrogen-bond acceptors (Lipinski definition) is 6. The molecule has 1 aliphatic heterocycles. The Bertz CT molecular complexity index is 1640. The second-order valence-electron chi connectivity index (χ2n) is 6.89. The molecule has 1 fully saturated rings. The Morgan fingerprint density at radius 1 is 1.10 bits per heavy atom. The molecule has 1 aliphatic rings. The van der Waals surface area contributed by atoms with Crippen molar-refractivity contribution in [1.29, 1.82) is 0 Å². The number of aromatic nitrogens is 5. The SMILES string of the molecule is [2H]C1([2H])N(c2cc(C(=O)Cc3cc4nc(-c5cncn5C)ccc4cn3)ccn2)C([2H])([2H])C([2H])([2H])C([2H])([2H])C1([2H])[2H]. The van der Waals surface area contributed by atoms with Crippen molar-refractivity contribution < 1.29 is 18.5 Å². The Hall–Kier alpha value is -3.61. The van der Waals surface area contributed by atoms with Crippen molar-refractivity contribution in [3.63, 3.8) is 0 Å². The Morgan fingerprint density at radius 3 is 2.77 bits per heavy atom. The van der Waals surface area contributed by atoms with Gasteiger partial charge in [-0.05, 0) is 49.5 Å². The summed E-state index contributed by atoms with van der Waals surface area (Å²) in [5.41, 5.74) is 2.40. The molecule has 0 unspecified atom stereocenters. The third-order valence-electron chi connectivity index (χ3n) is 4.81. The predicted molar refractivity (Wildman–Crippen MR) is 120 cm³/mol. The van der Waals surface area contributed by atoms with Gasteiger partial charge in [-0.25, -0.2) is 15.0 Å².